The van der Waals surface area contributed by atoms with Crippen molar-refractivity contribution < 1.29 is 32.7 Å². The molecule has 0 atom stereocenters. The van der Waals surface area contributed by atoms with Crippen LogP contribution in [0.4, 0.5) is 0 Å². The molecule has 53 valence electrons. The quantitative estimate of drug-likeness (QED) is 0.577. The summed E-state index contributed by atoms with van der Waals surface area (Å²) < 4.78 is 0. The Labute approximate surface area is 88.9 Å². The van der Waals surface area contributed by atoms with E-state index in [4.69, 9.17) is 0 Å². The van der Waals surface area contributed by atoms with Crippen molar-refractivity contribution in [1.29, 1.82) is 0 Å². The number of benzene rings is 1. The fraction of sp³-hybridized carbons (Fsp3) is 0.222. The molecule has 0 aliphatic carbocycles. The summed E-state index contributed by atoms with van der Waals surface area (Å²) in [5.74, 6) is 0. The molecule has 10 heavy (non-hydrogen) atoms. The van der Waals surface area contributed by atoms with E-state index in [1.54, 1.807) is 0 Å². The maximum absolute atomic E-state index is 2.12. The average Bonchev–Trinajstić information content (AvgIpc) is 1.77. The minimum atomic E-state index is 0. The molecule has 1 heteroatoms. The van der Waals surface area contributed by atoms with Crippen LogP contribution in [0.1, 0.15) is 11.1 Å². The van der Waals surface area contributed by atoms with Crippen molar-refractivity contribution in [3.05, 3.63) is 42.8 Å². The summed E-state index contributed by atoms with van der Waals surface area (Å²) >= 11 is 0. The van der Waals surface area contributed by atoms with Crippen LogP contribution in [0.2, 0.25) is 0 Å². The van der Waals surface area contributed by atoms with Gasteiger partial charge in [0.2, 0.25) is 0 Å². The first-order chi connectivity index (χ1) is 3.80. The van der Waals surface area contributed by atoms with E-state index in [0.29, 0.717) is 0 Å². The summed E-state index contributed by atoms with van der Waals surface area (Å²) in [6, 6.07) is 8.36. The molecule has 1 rings (SSSR count). The molecule has 0 N–H and O–H groups in total. The SMILES string of the molecule is Cc1ccccc1C.[CH3-].[Y]. The van der Waals surface area contributed by atoms with Crippen LogP contribution < -0.4 is 0 Å². The molecule has 0 aliphatic heterocycles. The minimum absolute atomic E-state index is 0. The first-order valence-corrected chi connectivity index (χ1v) is 2.83. The van der Waals surface area contributed by atoms with Crippen molar-refractivity contribution in [1.82, 2.24) is 0 Å². The Hall–Kier alpha value is 0.324. The third-order valence-corrected chi connectivity index (χ3v) is 1.43. The summed E-state index contributed by atoms with van der Waals surface area (Å²) in [5.41, 5.74) is 2.74. The van der Waals surface area contributed by atoms with Gasteiger partial charge in [0.15, 0.2) is 0 Å². The summed E-state index contributed by atoms with van der Waals surface area (Å²) in [5, 5.41) is 0. The Morgan fingerprint density at radius 3 is 1.40 bits per heavy atom. The van der Waals surface area contributed by atoms with Gasteiger partial charge >= 0.3 is 0 Å². The van der Waals surface area contributed by atoms with E-state index in [2.05, 4.69) is 38.1 Å². The third-order valence-electron chi connectivity index (χ3n) is 1.43. The van der Waals surface area contributed by atoms with Gasteiger partial charge < -0.3 is 7.43 Å². The molecule has 0 amide bonds. The Morgan fingerprint density at radius 1 is 0.900 bits per heavy atom. The molecule has 0 spiro atoms. The molecular weight excluding hydrogens is 197 g/mol. The van der Waals surface area contributed by atoms with Gasteiger partial charge in [0, 0.05) is 32.7 Å². The van der Waals surface area contributed by atoms with Gasteiger partial charge in [-0.3, -0.25) is 0 Å². The molecule has 0 unspecified atom stereocenters. The van der Waals surface area contributed by atoms with E-state index in [1.165, 1.54) is 11.1 Å². The zero-order chi connectivity index (χ0) is 5.98. The number of hydrogen-bond acceptors (Lipinski definition) is 0. The molecular formula is C9H13Y-. The first kappa shape index (κ1) is 13.0. The Bertz CT molecular complexity index is 161. The minimum Gasteiger partial charge on any atom is -0.358 e. The third kappa shape index (κ3) is 3.48. The number of hydrogen-bond donors (Lipinski definition) is 0. The van der Waals surface area contributed by atoms with E-state index >= 15 is 0 Å². The van der Waals surface area contributed by atoms with E-state index in [1.807, 2.05) is 0 Å². The topological polar surface area (TPSA) is 0 Å². The largest absolute Gasteiger partial charge is 0.358 e. The normalized spacial score (nSPS) is 7.40. The van der Waals surface area contributed by atoms with Crippen LogP contribution in [0, 0.1) is 21.3 Å². The maximum Gasteiger partial charge on any atom is 0 e. The van der Waals surface area contributed by atoms with Gasteiger partial charge in [-0.2, -0.15) is 0 Å². The van der Waals surface area contributed by atoms with Gasteiger partial charge in [-0.25, -0.2) is 0 Å². The van der Waals surface area contributed by atoms with Crippen molar-refractivity contribution in [2.75, 3.05) is 0 Å². The molecule has 0 aliphatic rings. The van der Waals surface area contributed by atoms with Gasteiger partial charge in [-0.1, -0.05) is 24.3 Å². The maximum atomic E-state index is 2.12. The van der Waals surface area contributed by atoms with E-state index in [9.17, 15) is 0 Å². The summed E-state index contributed by atoms with van der Waals surface area (Å²) in [7, 11) is 0. The van der Waals surface area contributed by atoms with Crippen LogP contribution >= 0.6 is 0 Å². The van der Waals surface area contributed by atoms with Crippen molar-refractivity contribution >= 4 is 0 Å². The average molecular weight is 210 g/mol. The van der Waals surface area contributed by atoms with Crippen molar-refractivity contribution in [2.45, 2.75) is 13.8 Å². The predicted octanol–water partition coefficient (Wildman–Crippen LogP) is 2.75. The van der Waals surface area contributed by atoms with E-state index in [-0.39, 0.29) is 40.1 Å². The number of rotatable bonds is 0. The van der Waals surface area contributed by atoms with Crippen molar-refractivity contribution in [3.63, 3.8) is 0 Å². The molecule has 0 heterocycles. The van der Waals surface area contributed by atoms with Gasteiger partial charge in [0.25, 0.3) is 0 Å². The van der Waals surface area contributed by atoms with Crippen LogP contribution in [0.15, 0.2) is 24.3 Å². The zero-order valence-electron chi connectivity index (χ0n) is 6.89. The zero-order valence-corrected chi connectivity index (χ0v) is 9.73. The second-order valence-electron chi connectivity index (χ2n) is 2.08. The standard InChI is InChI=1S/C8H10.CH3.Y/c1-7-5-3-4-6-8(7)2;;/h3-6H,1-2H3;1H3;/q;-1;. The number of aryl methyl sites for hydroxylation is 2. The molecule has 0 aromatic heterocycles. The Morgan fingerprint density at radius 2 is 1.20 bits per heavy atom. The van der Waals surface area contributed by atoms with E-state index in [0.717, 1.165) is 0 Å². The van der Waals surface area contributed by atoms with Gasteiger partial charge in [0.05, 0.1) is 0 Å². The molecule has 0 saturated carbocycles. The van der Waals surface area contributed by atoms with Crippen LogP contribution in [0.5, 0.6) is 0 Å². The van der Waals surface area contributed by atoms with Crippen molar-refractivity contribution in [2.24, 2.45) is 0 Å². The van der Waals surface area contributed by atoms with Crippen LogP contribution in [-0.4, -0.2) is 0 Å². The summed E-state index contributed by atoms with van der Waals surface area (Å²) in [4.78, 5) is 0. The van der Waals surface area contributed by atoms with Crippen LogP contribution in [-0.2, 0) is 32.7 Å². The summed E-state index contributed by atoms with van der Waals surface area (Å²) in [6.07, 6.45) is 0. The van der Waals surface area contributed by atoms with E-state index < -0.39 is 0 Å². The fourth-order valence-corrected chi connectivity index (χ4v) is 0.663. The van der Waals surface area contributed by atoms with Gasteiger partial charge in [-0.05, 0) is 25.0 Å². The van der Waals surface area contributed by atoms with Gasteiger partial charge in [-0.15, -0.1) is 0 Å². The first-order valence-electron chi connectivity index (χ1n) is 2.83. The summed E-state index contributed by atoms with van der Waals surface area (Å²) in [6.45, 7) is 4.24. The second-order valence-corrected chi connectivity index (χ2v) is 2.08. The molecule has 1 aromatic rings. The Balaban J connectivity index is 0. The molecule has 1 radical (unpaired) electrons. The molecule has 0 nitrogen and oxygen atoms in total. The predicted molar refractivity (Wildman–Crippen MR) is 42.3 cm³/mol. The molecule has 0 saturated heterocycles. The molecule has 1 aromatic carbocycles. The molecule has 0 fully saturated rings. The monoisotopic (exact) mass is 210 g/mol. The van der Waals surface area contributed by atoms with Gasteiger partial charge in [0.1, 0.15) is 0 Å². The second kappa shape index (κ2) is 6.06. The van der Waals surface area contributed by atoms with Crippen molar-refractivity contribution in [3.8, 4) is 0 Å². The van der Waals surface area contributed by atoms with Crippen LogP contribution in [0.25, 0.3) is 0 Å². The Kier molecular flexibility index (Phi) is 7.85. The van der Waals surface area contributed by atoms with Crippen LogP contribution in [0.3, 0.4) is 0 Å². The smallest absolute Gasteiger partial charge is 0 e. The fourth-order valence-electron chi connectivity index (χ4n) is 0.663. The molecule has 0 bridgehead atoms.